The van der Waals surface area contributed by atoms with Crippen LogP contribution in [0.4, 0.5) is 0 Å². The second-order valence-electron chi connectivity index (χ2n) is 7.53. The number of halogens is 1. The molecule has 0 amide bonds. The zero-order valence-corrected chi connectivity index (χ0v) is 19.1. The Morgan fingerprint density at radius 1 is 1.27 bits per heavy atom. The van der Waals surface area contributed by atoms with E-state index in [0.717, 1.165) is 25.5 Å². The normalized spacial score (nSPS) is 13.4. The number of methoxy groups -OCH3 is 1. The highest BCUT2D eigenvalue weighted by atomic mass is 127. The molecule has 26 heavy (non-hydrogen) atoms. The Hall–Kier alpha value is -1.28. The number of nitrogens with zero attached hydrogens (tertiary/aromatic N) is 1. The van der Waals surface area contributed by atoms with Crippen molar-refractivity contribution < 1.29 is 4.74 Å². The standard InChI is InChI=1S/C20H32N4O.HI/c1-14-8-7-9-16-18(14)15(12-23-16)10-11-22-19(21-5)24-13-17(25-6)20(2,3)4;/h7-9,12,17,23H,10-11,13H2,1-6H3,(H2,21,22,24);1H. The van der Waals surface area contributed by atoms with Gasteiger partial charge in [0.2, 0.25) is 0 Å². The third kappa shape index (κ3) is 5.87. The van der Waals surface area contributed by atoms with Crippen LogP contribution in [0.25, 0.3) is 10.9 Å². The minimum atomic E-state index is 0. The lowest BCUT2D eigenvalue weighted by molar-refractivity contribution is 0.0205. The zero-order chi connectivity index (χ0) is 18.4. The molecule has 0 spiro atoms. The maximum atomic E-state index is 5.58. The van der Waals surface area contributed by atoms with Crippen LogP contribution in [0, 0.1) is 12.3 Å². The predicted octanol–water partition coefficient (Wildman–Crippen LogP) is 3.86. The third-order valence-corrected chi connectivity index (χ3v) is 4.61. The predicted molar refractivity (Wildman–Crippen MR) is 122 cm³/mol. The quantitative estimate of drug-likeness (QED) is 0.340. The van der Waals surface area contributed by atoms with E-state index in [0.29, 0.717) is 0 Å². The summed E-state index contributed by atoms with van der Waals surface area (Å²) in [6.45, 7) is 10.3. The van der Waals surface area contributed by atoms with E-state index in [4.69, 9.17) is 4.74 Å². The fraction of sp³-hybridized carbons (Fsp3) is 0.550. The smallest absolute Gasteiger partial charge is 0.191 e. The molecular weight excluding hydrogens is 439 g/mol. The minimum Gasteiger partial charge on any atom is -0.379 e. The topological polar surface area (TPSA) is 61.4 Å². The van der Waals surface area contributed by atoms with E-state index in [1.54, 1.807) is 14.2 Å². The van der Waals surface area contributed by atoms with Gasteiger partial charge in [0.1, 0.15) is 0 Å². The van der Waals surface area contributed by atoms with Crippen molar-refractivity contribution in [2.45, 2.75) is 40.2 Å². The lowest BCUT2D eigenvalue weighted by Crippen LogP contribution is -2.45. The van der Waals surface area contributed by atoms with Crippen molar-refractivity contribution >= 4 is 40.8 Å². The first-order valence-electron chi connectivity index (χ1n) is 8.89. The van der Waals surface area contributed by atoms with E-state index in [-0.39, 0.29) is 35.5 Å². The molecule has 1 atom stereocenters. The van der Waals surface area contributed by atoms with Crippen LogP contribution in [0.5, 0.6) is 0 Å². The van der Waals surface area contributed by atoms with Gasteiger partial charge in [-0.05, 0) is 36.0 Å². The maximum absolute atomic E-state index is 5.58. The largest absolute Gasteiger partial charge is 0.379 e. The summed E-state index contributed by atoms with van der Waals surface area (Å²) in [6, 6.07) is 6.37. The number of aryl methyl sites for hydroxylation is 1. The molecule has 2 aromatic rings. The Labute approximate surface area is 174 Å². The summed E-state index contributed by atoms with van der Waals surface area (Å²) in [6.07, 6.45) is 3.18. The molecular formula is C20H33IN4O. The van der Waals surface area contributed by atoms with E-state index in [1.165, 1.54) is 22.0 Å². The molecule has 1 unspecified atom stereocenters. The number of aromatic amines is 1. The van der Waals surface area contributed by atoms with Gasteiger partial charge >= 0.3 is 0 Å². The molecule has 0 bridgehead atoms. The van der Waals surface area contributed by atoms with Gasteiger partial charge in [-0.15, -0.1) is 24.0 Å². The van der Waals surface area contributed by atoms with Crippen molar-refractivity contribution in [3.05, 3.63) is 35.5 Å². The minimum absolute atomic E-state index is 0. The number of guanidine groups is 1. The summed E-state index contributed by atoms with van der Waals surface area (Å²) < 4.78 is 5.58. The van der Waals surface area contributed by atoms with Gasteiger partial charge in [0.15, 0.2) is 5.96 Å². The van der Waals surface area contributed by atoms with Gasteiger partial charge in [0.05, 0.1) is 6.10 Å². The van der Waals surface area contributed by atoms with E-state index in [9.17, 15) is 0 Å². The molecule has 1 aromatic heterocycles. The lowest BCUT2D eigenvalue weighted by Gasteiger charge is -2.30. The van der Waals surface area contributed by atoms with E-state index in [2.05, 4.69) is 72.7 Å². The molecule has 1 aromatic carbocycles. The fourth-order valence-electron chi connectivity index (χ4n) is 3.12. The van der Waals surface area contributed by atoms with E-state index >= 15 is 0 Å². The monoisotopic (exact) mass is 472 g/mol. The van der Waals surface area contributed by atoms with Crippen LogP contribution in [0.1, 0.15) is 31.9 Å². The van der Waals surface area contributed by atoms with Gasteiger partial charge in [-0.3, -0.25) is 4.99 Å². The number of nitrogens with one attached hydrogen (secondary N) is 3. The number of ether oxygens (including phenoxy) is 1. The Bertz CT molecular complexity index is 718. The van der Waals surface area contributed by atoms with Crippen LogP contribution in [0.2, 0.25) is 0 Å². The first-order chi connectivity index (χ1) is 11.9. The van der Waals surface area contributed by atoms with Crippen molar-refractivity contribution in [3.63, 3.8) is 0 Å². The Morgan fingerprint density at radius 3 is 2.62 bits per heavy atom. The van der Waals surface area contributed by atoms with Crippen LogP contribution in [0.15, 0.2) is 29.4 Å². The summed E-state index contributed by atoms with van der Waals surface area (Å²) in [5.74, 6) is 0.808. The Balaban J connectivity index is 0.00000338. The van der Waals surface area contributed by atoms with Gasteiger partial charge in [-0.1, -0.05) is 32.9 Å². The summed E-state index contributed by atoms with van der Waals surface area (Å²) in [4.78, 5) is 7.66. The van der Waals surface area contributed by atoms with E-state index in [1.807, 2.05) is 0 Å². The van der Waals surface area contributed by atoms with Gasteiger partial charge < -0.3 is 20.4 Å². The highest BCUT2D eigenvalue weighted by Crippen LogP contribution is 2.22. The highest BCUT2D eigenvalue weighted by molar-refractivity contribution is 14.0. The van der Waals surface area contributed by atoms with Crippen LogP contribution < -0.4 is 10.6 Å². The molecule has 5 nitrogen and oxygen atoms in total. The second-order valence-corrected chi connectivity index (χ2v) is 7.53. The molecule has 0 aliphatic carbocycles. The molecule has 146 valence electrons. The average Bonchev–Trinajstić information content (AvgIpc) is 2.97. The van der Waals surface area contributed by atoms with Crippen LogP contribution in [-0.2, 0) is 11.2 Å². The van der Waals surface area contributed by atoms with Crippen molar-refractivity contribution in [3.8, 4) is 0 Å². The van der Waals surface area contributed by atoms with Crippen molar-refractivity contribution in [2.75, 3.05) is 27.2 Å². The third-order valence-electron chi connectivity index (χ3n) is 4.61. The summed E-state index contributed by atoms with van der Waals surface area (Å²) in [7, 11) is 3.55. The molecule has 0 saturated heterocycles. The van der Waals surface area contributed by atoms with Gasteiger partial charge in [-0.2, -0.15) is 0 Å². The molecule has 0 radical (unpaired) electrons. The number of aromatic nitrogens is 1. The average molecular weight is 472 g/mol. The molecule has 0 aliphatic heterocycles. The van der Waals surface area contributed by atoms with Crippen molar-refractivity contribution in [1.82, 2.24) is 15.6 Å². The first-order valence-corrected chi connectivity index (χ1v) is 8.89. The van der Waals surface area contributed by atoms with Gasteiger partial charge in [0, 0.05) is 44.3 Å². The molecule has 0 aliphatic rings. The summed E-state index contributed by atoms with van der Waals surface area (Å²) in [5.41, 5.74) is 3.93. The number of hydrogen-bond acceptors (Lipinski definition) is 2. The van der Waals surface area contributed by atoms with E-state index < -0.39 is 0 Å². The van der Waals surface area contributed by atoms with Gasteiger partial charge in [0.25, 0.3) is 0 Å². The SMILES string of the molecule is CN=C(NCCc1c[nH]c2cccc(C)c12)NCC(OC)C(C)(C)C.I. The van der Waals surface area contributed by atoms with Crippen molar-refractivity contribution in [1.29, 1.82) is 0 Å². The lowest BCUT2D eigenvalue weighted by atomic mass is 9.89. The second kappa shape index (κ2) is 10.2. The molecule has 0 saturated carbocycles. The van der Waals surface area contributed by atoms with Crippen LogP contribution in [-0.4, -0.2) is 44.3 Å². The zero-order valence-electron chi connectivity index (χ0n) is 16.8. The molecule has 6 heteroatoms. The molecule has 3 N–H and O–H groups in total. The number of aliphatic imine (C=N–C) groups is 1. The summed E-state index contributed by atoms with van der Waals surface area (Å²) in [5, 5.41) is 8.09. The Morgan fingerprint density at radius 2 is 2.00 bits per heavy atom. The van der Waals surface area contributed by atoms with Crippen molar-refractivity contribution in [2.24, 2.45) is 10.4 Å². The first kappa shape index (κ1) is 22.8. The number of H-pyrrole nitrogens is 1. The number of benzene rings is 1. The fourth-order valence-corrected chi connectivity index (χ4v) is 3.12. The van der Waals surface area contributed by atoms with Gasteiger partial charge in [-0.25, -0.2) is 0 Å². The molecule has 2 rings (SSSR count). The number of fused-ring (bicyclic) bond motifs is 1. The molecule has 0 fully saturated rings. The number of rotatable bonds is 6. The highest BCUT2D eigenvalue weighted by Gasteiger charge is 2.24. The Kier molecular flexibility index (Phi) is 8.89. The van der Waals surface area contributed by atoms with Crippen LogP contribution >= 0.6 is 24.0 Å². The maximum Gasteiger partial charge on any atom is 0.191 e. The number of hydrogen-bond donors (Lipinski definition) is 3. The summed E-state index contributed by atoms with van der Waals surface area (Å²) >= 11 is 0. The molecule has 1 heterocycles. The van der Waals surface area contributed by atoms with Crippen LogP contribution in [0.3, 0.4) is 0 Å².